The van der Waals surface area contributed by atoms with Crippen LogP contribution in [0.3, 0.4) is 0 Å². The topological polar surface area (TPSA) is 85.2 Å². The Kier molecular flexibility index (Phi) is 5.46. The third-order valence-corrected chi connectivity index (χ3v) is 4.66. The van der Waals surface area contributed by atoms with E-state index in [1.807, 2.05) is 19.2 Å². The quantitative estimate of drug-likeness (QED) is 0.452. The van der Waals surface area contributed by atoms with Crippen molar-refractivity contribution in [2.75, 3.05) is 18.5 Å². The summed E-state index contributed by atoms with van der Waals surface area (Å²) in [6, 6.07) is 9.97. The Balaban J connectivity index is 1.48. The average molecular weight is 395 g/mol. The molecular weight excluding hydrogens is 373 g/mol. The van der Waals surface area contributed by atoms with Crippen LogP contribution in [0.1, 0.15) is 31.5 Å². The van der Waals surface area contributed by atoms with Crippen LogP contribution in [0.25, 0.3) is 17.0 Å². The van der Waals surface area contributed by atoms with Crippen molar-refractivity contribution < 1.29 is 8.91 Å². The summed E-state index contributed by atoms with van der Waals surface area (Å²) in [5.74, 6) is 2.07. The Morgan fingerprint density at radius 1 is 1.14 bits per heavy atom. The number of hydrogen-bond donors (Lipinski definition) is 0. The molecule has 0 aliphatic rings. The van der Waals surface area contributed by atoms with E-state index in [0.717, 1.165) is 31.0 Å². The molecule has 0 aliphatic carbocycles. The molecule has 0 saturated heterocycles. The normalized spacial score (nSPS) is 11.3. The molecule has 0 aliphatic heterocycles. The summed E-state index contributed by atoms with van der Waals surface area (Å²) in [6.07, 6.45) is 3.27. The lowest BCUT2D eigenvalue weighted by Crippen LogP contribution is -2.20. The summed E-state index contributed by atoms with van der Waals surface area (Å²) < 4.78 is 20.4. The summed E-state index contributed by atoms with van der Waals surface area (Å²) in [6.45, 7) is 3.11. The van der Waals surface area contributed by atoms with E-state index in [0.29, 0.717) is 35.8 Å². The van der Waals surface area contributed by atoms with Gasteiger partial charge in [0.25, 0.3) is 0 Å². The van der Waals surface area contributed by atoms with E-state index in [9.17, 15) is 4.39 Å². The minimum absolute atomic E-state index is 0.338. The van der Waals surface area contributed by atoms with Crippen molar-refractivity contribution in [1.29, 1.82) is 0 Å². The standard InChI is InChI=1S/C20H22FN7O/c1-3-4-12-27(2)18-9-8-16-23-24-17(28(16)25-18)10-11-19-22-20(26-29-19)14-6-5-7-15(21)13-14/h5-9,13H,3-4,10-12H2,1-2H3. The third kappa shape index (κ3) is 4.23. The highest BCUT2D eigenvalue weighted by molar-refractivity contribution is 5.53. The summed E-state index contributed by atoms with van der Waals surface area (Å²) in [5, 5.41) is 17.0. The third-order valence-electron chi connectivity index (χ3n) is 4.66. The van der Waals surface area contributed by atoms with E-state index in [1.165, 1.54) is 12.1 Å². The second-order valence-electron chi connectivity index (χ2n) is 6.87. The zero-order valence-corrected chi connectivity index (χ0v) is 16.4. The van der Waals surface area contributed by atoms with Gasteiger partial charge >= 0.3 is 0 Å². The number of nitrogens with zero attached hydrogens (tertiary/aromatic N) is 7. The number of hydrogen-bond acceptors (Lipinski definition) is 7. The van der Waals surface area contributed by atoms with Crippen molar-refractivity contribution in [3.8, 4) is 11.4 Å². The fourth-order valence-corrected chi connectivity index (χ4v) is 3.01. The van der Waals surface area contributed by atoms with Gasteiger partial charge in [0, 0.05) is 32.0 Å². The van der Waals surface area contributed by atoms with Crippen LogP contribution in [0, 0.1) is 5.82 Å². The van der Waals surface area contributed by atoms with Crippen LogP contribution in [0.5, 0.6) is 0 Å². The lowest BCUT2D eigenvalue weighted by molar-refractivity contribution is 0.377. The van der Waals surface area contributed by atoms with Gasteiger partial charge in [-0.1, -0.05) is 30.6 Å². The van der Waals surface area contributed by atoms with Crippen molar-refractivity contribution in [3.63, 3.8) is 0 Å². The molecule has 0 unspecified atom stereocenters. The highest BCUT2D eigenvalue weighted by atomic mass is 19.1. The molecule has 0 atom stereocenters. The van der Waals surface area contributed by atoms with E-state index in [4.69, 9.17) is 4.52 Å². The monoisotopic (exact) mass is 395 g/mol. The highest BCUT2D eigenvalue weighted by Gasteiger charge is 2.13. The van der Waals surface area contributed by atoms with Crippen LogP contribution in [0.15, 0.2) is 40.9 Å². The number of rotatable bonds is 8. The maximum absolute atomic E-state index is 13.4. The lowest BCUT2D eigenvalue weighted by Gasteiger charge is -2.17. The molecule has 4 rings (SSSR count). The summed E-state index contributed by atoms with van der Waals surface area (Å²) in [5.41, 5.74) is 1.27. The van der Waals surface area contributed by atoms with E-state index >= 15 is 0 Å². The molecule has 4 aromatic rings. The van der Waals surface area contributed by atoms with Crippen molar-refractivity contribution in [2.24, 2.45) is 0 Å². The SMILES string of the molecule is CCCCN(C)c1ccc2nnc(CCc3nc(-c4cccc(F)c4)no3)n2n1. The molecule has 150 valence electrons. The van der Waals surface area contributed by atoms with Gasteiger partial charge in [-0.2, -0.15) is 9.50 Å². The van der Waals surface area contributed by atoms with Crippen molar-refractivity contribution in [3.05, 3.63) is 53.9 Å². The van der Waals surface area contributed by atoms with Crippen molar-refractivity contribution in [1.82, 2.24) is 30.0 Å². The van der Waals surface area contributed by atoms with E-state index in [2.05, 4.69) is 37.3 Å². The van der Waals surface area contributed by atoms with Crippen LogP contribution in [0.4, 0.5) is 10.2 Å². The minimum atomic E-state index is -0.338. The van der Waals surface area contributed by atoms with E-state index in [1.54, 1.807) is 16.6 Å². The maximum atomic E-state index is 13.4. The van der Waals surface area contributed by atoms with Crippen LogP contribution in [-0.2, 0) is 12.8 Å². The van der Waals surface area contributed by atoms with Crippen LogP contribution in [0.2, 0.25) is 0 Å². The number of anilines is 1. The molecule has 0 radical (unpaired) electrons. The summed E-state index contributed by atoms with van der Waals surface area (Å²) in [4.78, 5) is 6.47. The first-order valence-electron chi connectivity index (χ1n) is 9.65. The van der Waals surface area contributed by atoms with Gasteiger partial charge in [0.05, 0.1) is 0 Å². The molecular formula is C20H22FN7O. The molecule has 0 saturated carbocycles. The molecule has 0 amide bonds. The summed E-state index contributed by atoms with van der Waals surface area (Å²) in [7, 11) is 2.03. The first-order chi connectivity index (χ1) is 14.1. The Morgan fingerprint density at radius 2 is 2.03 bits per heavy atom. The fourth-order valence-electron chi connectivity index (χ4n) is 3.01. The van der Waals surface area contributed by atoms with Gasteiger partial charge in [0.2, 0.25) is 11.7 Å². The molecule has 0 spiro atoms. The molecule has 1 aromatic carbocycles. The maximum Gasteiger partial charge on any atom is 0.227 e. The lowest BCUT2D eigenvalue weighted by atomic mass is 10.2. The summed E-state index contributed by atoms with van der Waals surface area (Å²) >= 11 is 0. The number of benzene rings is 1. The number of fused-ring (bicyclic) bond motifs is 1. The van der Waals surface area contributed by atoms with Crippen LogP contribution < -0.4 is 4.90 Å². The molecule has 3 aromatic heterocycles. The van der Waals surface area contributed by atoms with Gasteiger partial charge in [0.1, 0.15) is 11.6 Å². The molecule has 0 fully saturated rings. The molecule has 0 N–H and O–H groups in total. The molecule has 9 heteroatoms. The van der Waals surface area contributed by atoms with E-state index in [-0.39, 0.29) is 5.82 Å². The Hall–Kier alpha value is -3.36. The van der Waals surface area contributed by atoms with E-state index < -0.39 is 0 Å². The van der Waals surface area contributed by atoms with Gasteiger partial charge in [-0.25, -0.2) is 4.39 Å². The smallest absolute Gasteiger partial charge is 0.227 e. The first kappa shape index (κ1) is 19.0. The Labute approximate surface area is 167 Å². The van der Waals surface area contributed by atoms with Gasteiger partial charge in [-0.05, 0) is 30.7 Å². The number of aromatic nitrogens is 6. The largest absolute Gasteiger partial charge is 0.358 e. The Bertz CT molecular complexity index is 1110. The molecule has 29 heavy (non-hydrogen) atoms. The molecule has 8 nitrogen and oxygen atoms in total. The zero-order chi connectivity index (χ0) is 20.2. The molecule has 0 bridgehead atoms. The molecule has 3 heterocycles. The van der Waals surface area contributed by atoms with Gasteiger partial charge in [0.15, 0.2) is 11.5 Å². The number of aryl methyl sites for hydroxylation is 2. The number of unbranched alkanes of at least 4 members (excludes halogenated alkanes) is 1. The van der Waals surface area contributed by atoms with Crippen molar-refractivity contribution in [2.45, 2.75) is 32.6 Å². The number of halogens is 1. The zero-order valence-electron chi connectivity index (χ0n) is 16.4. The second-order valence-corrected chi connectivity index (χ2v) is 6.87. The van der Waals surface area contributed by atoms with Gasteiger partial charge < -0.3 is 9.42 Å². The second kappa shape index (κ2) is 8.34. The Morgan fingerprint density at radius 3 is 2.86 bits per heavy atom. The first-order valence-corrected chi connectivity index (χ1v) is 9.65. The van der Waals surface area contributed by atoms with Gasteiger partial charge in [-0.3, -0.25) is 0 Å². The van der Waals surface area contributed by atoms with Crippen molar-refractivity contribution >= 4 is 11.5 Å². The average Bonchev–Trinajstić information content (AvgIpc) is 3.37. The predicted molar refractivity (Wildman–Crippen MR) is 106 cm³/mol. The van der Waals surface area contributed by atoms with Crippen LogP contribution in [-0.4, -0.2) is 43.5 Å². The van der Waals surface area contributed by atoms with Gasteiger partial charge in [-0.15, -0.1) is 15.3 Å². The minimum Gasteiger partial charge on any atom is -0.358 e. The van der Waals surface area contributed by atoms with Crippen LogP contribution >= 0.6 is 0 Å². The predicted octanol–water partition coefficient (Wildman–Crippen LogP) is 3.33. The fraction of sp³-hybridized carbons (Fsp3) is 0.350. The highest BCUT2D eigenvalue weighted by Crippen LogP contribution is 2.18.